The lowest BCUT2D eigenvalue weighted by atomic mass is 10.0. The molecule has 1 aromatic carbocycles. The molecule has 0 aromatic heterocycles. The first-order chi connectivity index (χ1) is 9.09. The molecule has 1 unspecified atom stereocenters. The monoisotopic (exact) mass is 267 g/mol. The molecule has 108 valence electrons. The summed E-state index contributed by atoms with van der Waals surface area (Å²) in [6.45, 7) is 5.74. The maximum atomic E-state index is 9.99. The Morgan fingerprint density at radius 3 is 2.58 bits per heavy atom. The Morgan fingerprint density at radius 2 is 1.95 bits per heavy atom. The smallest absolute Gasteiger partial charge is 0.161 e. The first-order valence-corrected chi connectivity index (χ1v) is 6.78. The van der Waals surface area contributed by atoms with Crippen molar-refractivity contribution in [3.05, 3.63) is 24.3 Å². The number of rotatable bonds is 9. The quantitative estimate of drug-likeness (QED) is 0.674. The van der Waals surface area contributed by atoms with Crippen LogP contribution in [-0.2, 0) is 0 Å². The van der Waals surface area contributed by atoms with Gasteiger partial charge in [-0.1, -0.05) is 25.5 Å². The third-order valence-corrected chi connectivity index (χ3v) is 2.90. The third kappa shape index (κ3) is 5.94. The molecule has 0 aliphatic heterocycles. The zero-order valence-corrected chi connectivity index (χ0v) is 12.1. The van der Waals surface area contributed by atoms with Gasteiger partial charge in [-0.2, -0.15) is 0 Å². The van der Waals surface area contributed by atoms with Crippen LogP contribution in [0.4, 0.5) is 0 Å². The summed E-state index contributed by atoms with van der Waals surface area (Å²) in [5.74, 6) is 1.48. The molecule has 0 amide bonds. The topological polar surface area (TPSA) is 50.7 Å². The normalized spacial score (nSPS) is 13.9. The van der Waals surface area contributed by atoms with Crippen LogP contribution in [0.5, 0.6) is 11.5 Å². The van der Waals surface area contributed by atoms with E-state index in [4.69, 9.17) is 9.47 Å². The van der Waals surface area contributed by atoms with Crippen LogP contribution in [0, 0.1) is 0 Å². The summed E-state index contributed by atoms with van der Waals surface area (Å²) in [6, 6.07) is 7.57. The van der Waals surface area contributed by atoms with Crippen LogP contribution in [0.15, 0.2) is 24.3 Å². The summed E-state index contributed by atoms with van der Waals surface area (Å²) in [4.78, 5) is 0. The van der Waals surface area contributed by atoms with Crippen molar-refractivity contribution in [2.24, 2.45) is 0 Å². The molecule has 0 saturated carbocycles. The fourth-order valence-corrected chi connectivity index (χ4v) is 1.96. The Hall–Kier alpha value is -1.26. The molecular weight excluding hydrogens is 242 g/mol. The van der Waals surface area contributed by atoms with Crippen molar-refractivity contribution in [3.63, 3.8) is 0 Å². The minimum Gasteiger partial charge on any atom is -0.493 e. The summed E-state index contributed by atoms with van der Waals surface area (Å²) in [6.07, 6.45) is 1.78. The van der Waals surface area contributed by atoms with E-state index in [1.807, 2.05) is 31.2 Å². The highest BCUT2D eigenvalue weighted by Gasteiger charge is 2.17. The van der Waals surface area contributed by atoms with Crippen LogP contribution in [0.2, 0.25) is 0 Å². The van der Waals surface area contributed by atoms with E-state index in [0.29, 0.717) is 19.7 Å². The van der Waals surface area contributed by atoms with Crippen LogP contribution < -0.4 is 14.8 Å². The van der Waals surface area contributed by atoms with Crippen molar-refractivity contribution in [2.75, 3.05) is 26.8 Å². The van der Waals surface area contributed by atoms with Crippen LogP contribution in [0.1, 0.15) is 26.7 Å². The van der Waals surface area contributed by atoms with Gasteiger partial charge in [0.2, 0.25) is 0 Å². The number of ether oxygens (including phenoxy) is 2. The zero-order valence-electron chi connectivity index (χ0n) is 12.1. The lowest BCUT2D eigenvalue weighted by Crippen LogP contribution is -2.39. The number of nitrogens with one attached hydrogen (secondary N) is 1. The van der Waals surface area contributed by atoms with E-state index >= 15 is 0 Å². The van der Waals surface area contributed by atoms with Gasteiger partial charge < -0.3 is 19.9 Å². The lowest BCUT2D eigenvalue weighted by Gasteiger charge is -2.23. The largest absolute Gasteiger partial charge is 0.493 e. The van der Waals surface area contributed by atoms with Crippen molar-refractivity contribution in [1.82, 2.24) is 5.32 Å². The van der Waals surface area contributed by atoms with E-state index in [9.17, 15) is 5.11 Å². The molecule has 19 heavy (non-hydrogen) atoms. The van der Waals surface area contributed by atoms with Gasteiger partial charge in [0, 0.05) is 13.1 Å². The van der Waals surface area contributed by atoms with Gasteiger partial charge in [-0.05, 0) is 25.5 Å². The summed E-state index contributed by atoms with van der Waals surface area (Å²) in [5, 5.41) is 13.2. The molecule has 0 fully saturated rings. The summed E-state index contributed by atoms with van der Waals surface area (Å²) in [7, 11) is 1.63. The average Bonchev–Trinajstić information content (AvgIpc) is 2.38. The van der Waals surface area contributed by atoms with Crippen molar-refractivity contribution in [3.8, 4) is 11.5 Å². The maximum absolute atomic E-state index is 9.99. The predicted octanol–water partition coefficient (Wildman–Crippen LogP) is 2.21. The molecule has 1 rings (SSSR count). The minimum absolute atomic E-state index is 0.544. The molecule has 0 aliphatic carbocycles. The molecule has 4 nitrogen and oxygen atoms in total. The van der Waals surface area contributed by atoms with Gasteiger partial charge in [0.15, 0.2) is 11.5 Å². The second-order valence-corrected chi connectivity index (χ2v) is 4.92. The van der Waals surface area contributed by atoms with E-state index < -0.39 is 5.60 Å². The number of hydrogen-bond donors (Lipinski definition) is 2. The summed E-state index contributed by atoms with van der Waals surface area (Å²) in [5.41, 5.74) is -0.640. The van der Waals surface area contributed by atoms with Gasteiger partial charge in [0.1, 0.15) is 6.61 Å². The molecule has 0 aliphatic rings. The van der Waals surface area contributed by atoms with Crippen molar-refractivity contribution >= 4 is 0 Å². The summed E-state index contributed by atoms with van der Waals surface area (Å²) < 4.78 is 10.8. The first-order valence-electron chi connectivity index (χ1n) is 6.78. The fourth-order valence-electron chi connectivity index (χ4n) is 1.96. The highest BCUT2D eigenvalue weighted by molar-refractivity contribution is 5.39. The van der Waals surface area contributed by atoms with Crippen molar-refractivity contribution < 1.29 is 14.6 Å². The zero-order chi connectivity index (χ0) is 14.1. The van der Waals surface area contributed by atoms with E-state index in [2.05, 4.69) is 12.2 Å². The van der Waals surface area contributed by atoms with Crippen molar-refractivity contribution in [2.45, 2.75) is 32.3 Å². The van der Waals surface area contributed by atoms with E-state index in [0.717, 1.165) is 24.3 Å². The van der Waals surface area contributed by atoms with E-state index in [-0.39, 0.29) is 0 Å². The molecule has 0 saturated heterocycles. The molecule has 1 atom stereocenters. The van der Waals surface area contributed by atoms with Gasteiger partial charge in [-0.15, -0.1) is 0 Å². The lowest BCUT2D eigenvalue weighted by molar-refractivity contribution is 0.0494. The van der Waals surface area contributed by atoms with Gasteiger partial charge >= 0.3 is 0 Å². The second-order valence-electron chi connectivity index (χ2n) is 4.92. The number of hydrogen-bond acceptors (Lipinski definition) is 4. The van der Waals surface area contributed by atoms with Gasteiger partial charge in [-0.25, -0.2) is 0 Å². The predicted molar refractivity (Wildman–Crippen MR) is 76.9 cm³/mol. The molecular formula is C15H25NO3. The van der Waals surface area contributed by atoms with Gasteiger partial charge in [0.05, 0.1) is 12.7 Å². The minimum atomic E-state index is -0.640. The van der Waals surface area contributed by atoms with Gasteiger partial charge in [-0.3, -0.25) is 0 Å². The first kappa shape index (κ1) is 15.8. The third-order valence-electron chi connectivity index (χ3n) is 2.90. The van der Waals surface area contributed by atoms with E-state index in [1.54, 1.807) is 7.11 Å². The molecule has 0 bridgehead atoms. The van der Waals surface area contributed by atoms with Crippen LogP contribution in [0.3, 0.4) is 0 Å². The molecule has 1 aromatic rings. The van der Waals surface area contributed by atoms with E-state index in [1.165, 1.54) is 0 Å². The Bertz CT molecular complexity index is 366. The van der Waals surface area contributed by atoms with Crippen LogP contribution in [0.25, 0.3) is 0 Å². The maximum Gasteiger partial charge on any atom is 0.161 e. The molecule has 0 spiro atoms. The highest BCUT2D eigenvalue weighted by atomic mass is 16.5. The molecule has 4 heteroatoms. The standard InChI is InChI=1S/C15H25NO3/c1-4-9-15(2,17)12-16-10-11-19-14-8-6-5-7-13(14)18-3/h5-8,16-17H,4,9-12H2,1-3H3. The molecule has 0 heterocycles. The average molecular weight is 267 g/mol. The number of aliphatic hydroxyl groups is 1. The Morgan fingerprint density at radius 1 is 1.26 bits per heavy atom. The number of benzene rings is 1. The van der Waals surface area contributed by atoms with Gasteiger partial charge in [0.25, 0.3) is 0 Å². The number of para-hydroxylation sites is 2. The Labute approximate surface area is 115 Å². The molecule has 2 N–H and O–H groups in total. The van der Waals surface area contributed by atoms with Crippen molar-refractivity contribution in [1.29, 1.82) is 0 Å². The van der Waals surface area contributed by atoms with Crippen LogP contribution >= 0.6 is 0 Å². The number of methoxy groups -OCH3 is 1. The Kier molecular flexibility index (Phi) is 6.67. The fraction of sp³-hybridized carbons (Fsp3) is 0.600. The highest BCUT2D eigenvalue weighted by Crippen LogP contribution is 2.25. The van der Waals surface area contributed by atoms with Crippen LogP contribution in [-0.4, -0.2) is 37.5 Å². The Balaban J connectivity index is 2.24. The summed E-state index contributed by atoms with van der Waals surface area (Å²) >= 11 is 0. The SMILES string of the molecule is CCCC(C)(O)CNCCOc1ccccc1OC. The molecule has 0 radical (unpaired) electrons. The second kappa shape index (κ2) is 8.02.